The van der Waals surface area contributed by atoms with Gasteiger partial charge in [0.05, 0.1) is 19.8 Å². The first-order valence-corrected chi connectivity index (χ1v) is 11.3. The van der Waals surface area contributed by atoms with Crippen LogP contribution in [0.3, 0.4) is 0 Å². The third kappa shape index (κ3) is 3.90. The van der Waals surface area contributed by atoms with Crippen LogP contribution in [0.25, 0.3) is 10.8 Å². The van der Waals surface area contributed by atoms with Crippen LogP contribution in [0.2, 0.25) is 0 Å². The Hall–Kier alpha value is -3.54. The molecule has 170 valence electrons. The van der Waals surface area contributed by atoms with Gasteiger partial charge in [0, 0.05) is 30.5 Å². The van der Waals surface area contributed by atoms with Crippen molar-refractivity contribution in [2.45, 2.75) is 43.9 Å². The molecule has 6 nitrogen and oxygen atoms in total. The van der Waals surface area contributed by atoms with E-state index in [0.29, 0.717) is 29.9 Å². The smallest absolute Gasteiger partial charge is 0.338 e. The van der Waals surface area contributed by atoms with E-state index < -0.39 is 0 Å². The summed E-state index contributed by atoms with van der Waals surface area (Å²) >= 11 is 0. The minimum Gasteiger partial charge on any atom is -0.493 e. The average Bonchev–Trinajstić information content (AvgIpc) is 3.12. The predicted octanol–water partition coefficient (Wildman–Crippen LogP) is 4.85. The molecule has 2 saturated heterocycles. The number of ether oxygens (including phenoxy) is 3. The Morgan fingerprint density at radius 3 is 2.27 bits per heavy atom. The highest BCUT2D eigenvalue weighted by Gasteiger charge is 2.44. The van der Waals surface area contributed by atoms with Crippen molar-refractivity contribution in [3.05, 3.63) is 71.8 Å². The van der Waals surface area contributed by atoms with Crippen molar-refractivity contribution in [3.8, 4) is 11.5 Å². The molecule has 0 spiro atoms. The molecular formula is C27H27NO5. The summed E-state index contributed by atoms with van der Waals surface area (Å²) in [6.07, 6.45) is 2.98. The zero-order chi connectivity index (χ0) is 22.9. The number of hydrogen-bond acceptors (Lipinski definition) is 5. The first kappa shape index (κ1) is 21.3. The van der Waals surface area contributed by atoms with Gasteiger partial charge in [-0.05, 0) is 47.9 Å². The van der Waals surface area contributed by atoms with Gasteiger partial charge in [-0.15, -0.1) is 0 Å². The maximum Gasteiger partial charge on any atom is 0.338 e. The van der Waals surface area contributed by atoms with Gasteiger partial charge in [-0.25, -0.2) is 4.79 Å². The van der Waals surface area contributed by atoms with Crippen LogP contribution in [-0.2, 0) is 4.74 Å². The van der Waals surface area contributed by atoms with Gasteiger partial charge in [0.1, 0.15) is 6.10 Å². The molecule has 2 heterocycles. The summed E-state index contributed by atoms with van der Waals surface area (Å²) in [4.78, 5) is 28.4. The summed E-state index contributed by atoms with van der Waals surface area (Å²) in [6.45, 7) is 0. The van der Waals surface area contributed by atoms with Crippen molar-refractivity contribution >= 4 is 22.6 Å². The summed E-state index contributed by atoms with van der Waals surface area (Å²) in [5, 5.41) is 2.04. The highest BCUT2D eigenvalue weighted by Crippen LogP contribution is 2.39. The molecule has 6 heteroatoms. The Bertz CT molecular complexity index is 1190. The molecule has 1 amide bonds. The van der Waals surface area contributed by atoms with Crippen molar-refractivity contribution in [2.75, 3.05) is 14.2 Å². The van der Waals surface area contributed by atoms with E-state index in [2.05, 4.69) is 0 Å². The third-order valence-electron chi connectivity index (χ3n) is 6.84. The van der Waals surface area contributed by atoms with Gasteiger partial charge in [0.25, 0.3) is 5.91 Å². The summed E-state index contributed by atoms with van der Waals surface area (Å²) in [6, 6.07) is 19.0. The van der Waals surface area contributed by atoms with Gasteiger partial charge < -0.3 is 19.1 Å². The van der Waals surface area contributed by atoms with E-state index in [4.69, 9.17) is 14.2 Å². The first-order valence-electron chi connectivity index (χ1n) is 11.3. The van der Waals surface area contributed by atoms with Gasteiger partial charge >= 0.3 is 5.97 Å². The lowest BCUT2D eigenvalue weighted by atomic mass is 9.96. The van der Waals surface area contributed by atoms with Gasteiger partial charge in [-0.2, -0.15) is 0 Å². The molecule has 0 N–H and O–H groups in total. The molecule has 3 atom stereocenters. The first-order chi connectivity index (χ1) is 16.1. The number of fused-ring (bicyclic) bond motifs is 3. The highest BCUT2D eigenvalue weighted by atomic mass is 16.5. The number of amides is 1. The second-order valence-corrected chi connectivity index (χ2v) is 8.69. The van der Waals surface area contributed by atoms with E-state index in [-0.39, 0.29) is 30.1 Å². The Kier molecular flexibility index (Phi) is 5.67. The van der Waals surface area contributed by atoms with E-state index in [1.54, 1.807) is 25.3 Å². The lowest BCUT2D eigenvalue weighted by molar-refractivity contribution is -0.00275. The van der Waals surface area contributed by atoms with Crippen LogP contribution < -0.4 is 9.47 Å². The molecule has 0 saturated carbocycles. The molecular weight excluding hydrogens is 418 g/mol. The van der Waals surface area contributed by atoms with E-state index in [0.717, 1.165) is 29.2 Å². The van der Waals surface area contributed by atoms with Crippen LogP contribution in [0, 0.1) is 0 Å². The minimum atomic E-state index is -0.380. The molecule has 0 aromatic heterocycles. The zero-order valence-corrected chi connectivity index (χ0v) is 18.8. The third-order valence-corrected chi connectivity index (χ3v) is 6.84. The van der Waals surface area contributed by atoms with Crippen LogP contribution in [0.1, 0.15) is 46.4 Å². The molecule has 1 unspecified atom stereocenters. The van der Waals surface area contributed by atoms with Gasteiger partial charge in [-0.3, -0.25) is 4.79 Å². The van der Waals surface area contributed by atoms with Gasteiger partial charge in [0.2, 0.25) is 0 Å². The van der Waals surface area contributed by atoms with Gasteiger partial charge in [-0.1, -0.05) is 36.4 Å². The molecule has 0 aliphatic carbocycles. The number of carbonyl (C=O) groups excluding carboxylic acids is 2. The second-order valence-electron chi connectivity index (χ2n) is 8.69. The number of nitrogens with zero attached hydrogens (tertiary/aromatic N) is 1. The summed E-state index contributed by atoms with van der Waals surface area (Å²) in [5.74, 6) is 0.744. The molecule has 5 rings (SSSR count). The Morgan fingerprint density at radius 2 is 1.55 bits per heavy atom. The van der Waals surface area contributed by atoms with Crippen molar-refractivity contribution < 1.29 is 23.8 Å². The number of methoxy groups -OCH3 is 2. The number of hydrogen-bond donors (Lipinski definition) is 0. The number of rotatable bonds is 5. The molecule has 2 aliphatic heterocycles. The molecule has 0 radical (unpaired) electrons. The fourth-order valence-corrected chi connectivity index (χ4v) is 5.29. The molecule has 3 aromatic rings. The highest BCUT2D eigenvalue weighted by molar-refractivity contribution is 6.07. The minimum absolute atomic E-state index is 0.0731. The number of esters is 1. The maximum absolute atomic E-state index is 13.5. The largest absolute Gasteiger partial charge is 0.493 e. The lowest BCUT2D eigenvalue weighted by Crippen LogP contribution is -2.49. The second kappa shape index (κ2) is 8.77. The van der Waals surface area contributed by atoms with Crippen LogP contribution in [0.5, 0.6) is 11.5 Å². The van der Waals surface area contributed by atoms with Crippen LogP contribution in [0.15, 0.2) is 60.7 Å². The van der Waals surface area contributed by atoms with Gasteiger partial charge in [0.15, 0.2) is 11.5 Å². The number of benzene rings is 3. The zero-order valence-electron chi connectivity index (χ0n) is 18.8. The fraction of sp³-hybridized carbons (Fsp3) is 0.333. The maximum atomic E-state index is 13.5. The SMILES string of the molecule is COc1ccc(C(=O)OC2C[C@H]3CC[C@@H](C2)N3C(=O)c2cccc3ccccc23)cc1OC. The van der Waals surface area contributed by atoms with E-state index in [1.165, 1.54) is 7.11 Å². The topological polar surface area (TPSA) is 65.1 Å². The van der Waals surface area contributed by atoms with Crippen LogP contribution in [0.4, 0.5) is 0 Å². The predicted molar refractivity (Wildman–Crippen MR) is 125 cm³/mol. The Labute approximate surface area is 193 Å². The fourth-order valence-electron chi connectivity index (χ4n) is 5.29. The normalized spacial score (nSPS) is 21.6. The molecule has 33 heavy (non-hydrogen) atoms. The van der Waals surface area contributed by atoms with Crippen LogP contribution >= 0.6 is 0 Å². The molecule has 2 aliphatic rings. The molecule has 3 aromatic carbocycles. The van der Waals surface area contributed by atoms with Crippen molar-refractivity contribution in [1.29, 1.82) is 0 Å². The Balaban J connectivity index is 1.31. The van der Waals surface area contributed by atoms with E-state index in [1.807, 2.05) is 47.4 Å². The van der Waals surface area contributed by atoms with Crippen molar-refractivity contribution in [2.24, 2.45) is 0 Å². The summed E-state index contributed by atoms with van der Waals surface area (Å²) in [5.41, 5.74) is 1.17. The number of piperidine rings is 1. The van der Waals surface area contributed by atoms with Crippen LogP contribution in [-0.4, -0.2) is 49.2 Å². The quantitative estimate of drug-likeness (QED) is 0.526. The van der Waals surface area contributed by atoms with Crippen molar-refractivity contribution in [1.82, 2.24) is 4.90 Å². The summed E-state index contributed by atoms with van der Waals surface area (Å²) in [7, 11) is 3.09. The summed E-state index contributed by atoms with van der Waals surface area (Å²) < 4.78 is 16.4. The molecule has 2 fully saturated rings. The molecule has 2 bridgehead atoms. The Morgan fingerprint density at radius 1 is 0.848 bits per heavy atom. The number of carbonyl (C=O) groups is 2. The van der Waals surface area contributed by atoms with E-state index in [9.17, 15) is 9.59 Å². The standard InChI is InChI=1S/C27H27NO5/c1-31-24-13-10-18(14-25(24)32-2)27(30)33-21-15-19-11-12-20(16-21)28(19)26(29)23-9-5-7-17-6-3-4-8-22(17)23/h3-10,13-14,19-21H,11-12,15-16H2,1-2H3/t19-,20+,21?. The monoisotopic (exact) mass is 445 g/mol. The average molecular weight is 446 g/mol. The van der Waals surface area contributed by atoms with Crippen molar-refractivity contribution in [3.63, 3.8) is 0 Å². The van der Waals surface area contributed by atoms with E-state index >= 15 is 0 Å². The lowest BCUT2D eigenvalue weighted by Gasteiger charge is -2.38.